The largest absolute Gasteiger partial charge is 0.338 e. The summed E-state index contributed by atoms with van der Waals surface area (Å²) in [7, 11) is 0. The molecule has 2 aliphatic rings. The predicted octanol–water partition coefficient (Wildman–Crippen LogP) is 5.38. The van der Waals surface area contributed by atoms with Crippen LogP contribution in [0.1, 0.15) is 85.7 Å². The fraction of sp³-hybridized carbons (Fsp3) is 0.455. The van der Waals surface area contributed by atoms with Crippen molar-refractivity contribution in [2.24, 2.45) is 0 Å². The average Bonchev–Trinajstić information content (AvgIpc) is 3.02. The predicted molar refractivity (Wildman–Crippen MR) is 168 cm³/mol. The Kier molecular flexibility index (Phi) is 11.6. The molecular formula is C33H42N4O4S. The minimum atomic E-state index is -1.06. The maximum Gasteiger partial charge on any atom is 0.324 e. The maximum atomic E-state index is 13.9. The molecule has 0 aromatic heterocycles. The number of nitrogens with zero attached hydrogens (tertiary/aromatic N) is 1. The average molecular weight is 591 g/mol. The van der Waals surface area contributed by atoms with Gasteiger partial charge in [0.2, 0.25) is 0 Å². The highest BCUT2D eigenvalue weighted by molar-refractivity contribution is 7.80. The smallest absolute Gasteiger partial charge is 0.324 e. The van der Waals surface area contributed by atoms with Crippen LogP contribution in [-0.4, -0.2) is 52.5 Å². The van der Waals surface area contributed by atoms with Crippen molar-refractivity contribution in [2.45, 2.75) is 89.3 Å². The number of aryl methyl sites for hydroxylation is 1. The summed E-state index contributed by atoms with van der Waals surface area (Å²) in [5, 5.41) is 8.57. The summed E-state index contributed by atoms with van der Waals surface area (Å²) >= 11 is 4.39. The molecule has 224 valence electrons. The van der Waals surface area contributed by atoms with E-state index in [1.165, 1.54) is 4.90 Å². The molecule has 3 N–H and O–H groups in total. The fourth-order valence-corrected chi connectivity index (χ4v) is 5.88. The quantitative estimate of drug-likeness (QED) is 0.232. The van der Waals surface area contributed by atoms with Gasteiger partial charge >= 0.3 is 6.03 Å². The Morgan fingerprint density at radius 3 is 2.12 bits per heavy atom. The van der Waals surface area contributed by atoms with Crippen LogP contribution in [0.2, 0.25) is 0 Å². The Hall–Kier alpha value is -3.59. The van der Waals surface area contributed by atoms with E-state index in [1.807, 2.05) is 31.2 Å². The van der Waals surface area contributed by atoms with Crippen LogP contribution >= 0.6 is 12.6 Å². The first-order chi connectivity index (χ1) is 20.4. The standard InChI is InChI=1S/C33H42N4O4S/c1-23-17-19-24(20-18-23)21-28(35-30(38)25-11-5-2-6-12-25)31(39)36-29(22-42)32(40)37(27-15-9-4-10-16-27)33(41)34-26-13-7-3-8-14-26/h2,5-6,11-12,17-21,26-27,29,42H,3-4,7-10,13-16,22H2,1H3,(H,34,41)(H,35,38)(H,36,39)/b28-21+. The molecule has 2 aromatic carbocycles. The number of hydrogen-bond donors (Lipinski definition) is 4. The summed E-state index contributed by atoms with van der Waals surface area (Å²) in [4.78, 5) is 55.5. The topological polar surface area (TPSA) is 108 Å². The van der Waals surface area contributed by atoms with Gasteiger partial charge in [-0.15, -0.1) is 0 Å². The molecule has 1 atom stereocenters. The maximum absolute atomic E-state index is 13.9. The Labute approximate surface area is 254 Å². The van der Waals surface area contributed by atoms with Crippen molar-refractivity contribution >= 4 is 42.5 Å². The molecule has 2 aromatic rings. The van der Waals surface area contributed by atoms with Gasteiger partial charge in [-0.3, -0.25) is 19.3 Å². The molecule has 4 rings (SSSR count). The fourth-order valence-electron chi connectivity index (χ4n) is 5.64. The molecule has 42 heavy (non-hydrogen) atoms. The van der Waals surface area contributed by atoms with Crippen molar-refractivity contribution in [1.82, 2.24) is 20.9 Å². The molecule has 9 heteroatoms. The van der Waals surface area contributed by atoms with Crippen LogP contribution in [0.3, 0.4) is 0 Å². The lowest BCUT2D eigenvalue weighted by Crippen LogP contribution is -2.59. The Morgan fingerprint density at radius 1 is 0.881 bits per heavy atom. The zero-order chi connectivity index (χ0) is 29.9. The molecule has 0 radical (unpaired) electrons. The van der Waals surface area contributed by atoms with E-state index in [4.69, 9.17) is 0 Å². The summed E-state index contributed by atoms with van der Waals surface area (Å²) < 4.78 is 0. The van der Waals surface area contributed by atoms with Crippen LogP contribution in [0.25, 0.3) is 6.08 Å². The third-order valence-corrected chi connectivity index (χ3v) is 8.40. The van der Waals surface area contributed by atoms with Crippen molar-refractivity contribution < 1.29 is 19.2 Å². The van der Waals surface area contributed by atoms with E-state index in [0.717, 1.165) is 69.8 Å². The Balaban J connectivity index is 1.55. The number of imide groups is 1. The first-order valence-electron chi connectivity index (χ1n) is 15.1. The number of thiol groups is 1. The molecule has 2 fully saturated rings. The number of amides is 5. The van der Waals surface area contributed by atoms with E-state index in [9.17, 15) is 19.2 Å². The van der Waals surface area contributed by atoms with E-state index < -0.39 is 29.8 Å². The van der Waals surface area contributed by atoms with Gasteiger partial charge in [0, 0.05) is 23.4 Å². The molecule has 0 saturated heterocycles. The van der Waals surface area contributed by atoms with E-state index in [-0.39, 0.29) is 23.5 Å². The number of hydrogen-bond acceptors (Lipinski definition) is 5. The third kappa shape index (κ3) is 8.71. The van der Waals surface area contributed by atoms with E-state index >= 15 is 0 Å². The van der Waals surface area contributed by atoms with Crippen molar-refractivity contribution in [2.75, 3.05) is 5.75 Å². The zero-order valence-electron chi connectivity index (χ0n) is 24.3. The second-order valence-corrected chi connectivity index (χ2v) is 11.6. The monoisotopic (exact) mass is 590 g/mol. The van der Waals surface area contributed by atoms with Crippen molar-refractivity contribution in [3.8, 4) is 0 Å². The Bertz CT molecular complexity index is 1250. The summed E-state index contributed by atoms with van der Waals surface area (Å²) in [6, 6.07) is 14.5. The van der Waals surface area contributed by atoms with Crippen LogP contribution in [-0.2, 0) is 9.59 Å². The summed E-state index contributed by atoms with van der Waals surface area (Å²) in [5.74, 6) is -1.57. The minimum absolute atomic E-state index is 0.00501. The number of carbonyl (C=O) groups excluding carboxylic acids is 4. The molecule has 8 nitrogen and oxygen atoms in total. The van der Waals surface area contributed by atoms with Gasteiger partial charge < -0.3 is 16.0 Å². The van der Waals surface area contributed by atoms with E-state index in [1.54, 1.807) is 36.4 Å². The lowest BCUT2D eigenvalue weighted by atomic mass is 9.93. The van der Waals surface area contributed by atoms with Gasteiger partial charge in [0.25, 0.3) is 17.7 Å². The van der Waals surface area contributed by atoms with Crippen LogP contribution < -0.4 is 16.0 Å². The highest BCUT2D eigenvalue weighted by atomic mass is 32.1. The van der Waals surface area contributed by atoms with Crippen LogP contribution in [0.15, 0.2) is 60.3 Å². The van der Waals surface area contributed by atoms with Crippen LogP contribution in [0, 0.1) is 6.92 Å². The molecule has 5 amide bonds. The van der Waals surface area contributed by atoms with Crippen LogP contribution in [0.5, 0.6) is 0 Å². The number of urea groups is 1. The second kappa shape index (κ2) is 15.6. The minimum Gasteiger partial charge on any atom is -0.338 e. The highest BCUT2D eigenvalue weighted by Gasteiger charge is 2.36. The van der Waals surface area contributed by atoms with Crippen molar-refractivity contribution in [1.29, 1.82) is 0 Å². The molecule has 0 heterocycles. The van der Waals surface area contributed by atoms with Gasteiger partial charge in [0.1, 0.15) is 11.7 Å². The molecule has 0 spiro atoms. The number of nitrogens with one attached hydrogen (secondary N) is 3. The second-order valence-electron chi connectivity index (χ2n) is 11.3. The highest BCUT2D eigenvalue weighted by Crippen LogP contribution is 2.25. The summed E-state index contributed by atoms with van der Waals surface area (Å²) in [5.41, 5.74) is 2.15. The SMILES string of the molecule is Cc1ccc(/C=C(/NC(=O)c2ccccc2)C(=O)NC(CS)C(=O)N(C(=O)NC2CCCCC2)C2CCCCC2)cc1. The molecule has 2 aliphatic carbocycles. The van der Waals surface area contributed by atoms with Gasteiger partial charge in [-0.1, -0.05) is 86.6 Å². The van der Waals surface area contributed by atoms with Gasteiger partial charge in [0.15, 0.2) is 0 Å². The van der Waals surface area contributed by atoms with E-state index in [0.29, 0.717) is 11.1 Å². The van der Waals surface area contributed by atoms with Gasteiger partial charge in [-0.25, -0.2) is 4.79 Å². The normalized spacial score (nSPS) is 17.1. The first-order valence-corrected chi connectivity index (χ1v) is 15.7. The van der Waals surface area contributed by atoms with Gasteiger partial charge in [-0.05, 0) is 56.4 Å². The molecule has 0 bridgehead atoms. The lowest BCUT2D eigenvalue weighted by Gasteiger charge is -2.36. The van der Waals surface area contributed by atoms with Crippen LogP contribution in [0.4, 0.5) is 4.79 Å². The Morgan fingerprint density at radius 2 is 1.50 bits per heavy atom. The molecule has 0 aliphatic heterocycles. The number of rotatable bonds is 9. The summed E-state index contributed by atoms with van der Waals surface area (Å²) in [6.45, 7) is 1.96. The lowest BCUT2D eigenvalue weighted by molar-refractivity contribution is -0.134. The third-order valence-electron chi connectivity index (χ3n) is 8.03. The van der Waals surface area contributed by atoms with Crippen molar-refractivity contribution in [3.63, 3.8) is 0 Å². The van der Waals surface area contributed by atoms with Gasteiger partial charge in [-0.2, -0.15) is 12.6 Å². The first kappa shape index (κ1) is 31.3. The molecular weight excluding hydrogens is 548 g/mol. The van der Waals surface area contributed by atoms with E-state index in [2.05, 4.69) is 28.6 Å². The van der Waals surface area contributed by atoms with Gasteiger partial charge in [0.05, 0.1) is 0 Å². The number of benzene rings is 2. The summed E-state index contributed by atoms with van der Waals surface area (Å²) in [6.07, 6.45) is 11.1. The number of carbonyl (C=O) groups is 4. The zero-order valence-corrected chi connectivity index (χ0v) is 25.2. The molecule has 1 unspecified atom stereocenters. The van der Waals surface area contributed by atoms with Crippen molar-refractivity contribution in [3.05, 3.63) is 77.0 Å². The molecule has 2 saturated carbocycles.